The first-order chi connectivity index (χ1) is 10.5. The number of nitrogens with one attached hydrogen (secondary N) is 1. The molecule has 0 bridgehead atoms. The third-order valence-electron chi connectivity index (χ3n) is 3.56. The van der Waals surface area contributed by atoms with Crippen molar-refractivity contribution in [3.05, 3.63) is 35.3 Å². The maximum atomic E-state index is 12.0. The Morgan fingerprint density at radius 3 is 2.95 bits per heavy atom. The summed E-state index contributed by atoms with van der Waals surface area (Å²) in [4.78, 5) is 15.9. The maximum Gasteiger partial charge on any atom is 0.317 e. The van der Waals surface area contributed by atoms with Crippen LogP contribution in [-0.4, -0.2) is 50.3 Å². The number of amides is 2. The summed E-state index contributed by atoms with van der Waals surface area (Å²) in [6, 6.07) is 7.88. The van der Waals surface area contributed by atoms with Gasteiger partial charge in [-0.2, -0.15) is 0 Å². The van der Waals surface area contributed by atoms with Crippen LogP contribution in [0.25, 0.3) is 0 Å². The number of fused-ring (bicyclic) bond motifs is 1. The molecular formula is C16H22BrN3O2. The average Bonchev–Trinajstić information content (AvgIpc) is 2.51. The number of likely N-dealkylation sites (N-methyl/N-ethyl adjacent to an activating group) is 2. The predicted octanol–water partition coefficient (Wildman–Crippen LogP) is 2.82. The Morgan fingerprint density at radius 1 is 1.55 bits per heavy atom. The van der Waals surface area contributed by atoms with Crippen LogP contribution in [0.3, 0.4) is 0 Å². The van der Waals surface area contributed by atoms with Gasteiger partial charge >= 0.3 is 6.03 Å². The van der Waals surface area contributed by atoms with Gasteiger partial charge in [0.15, 0.2) is 0 Å². The molecule has 1 N–H and O–H groups in total. The average molecular weight is 368 g/mol. The molecule has 0 spiro atoms. The molecule has 22 heavy (non-hydrogen) atoms. The van der Waals surface area contributed by atoms with Crippen molar-refractivity contribution < 1.29 is 9.53 Å². The van der Waals surface area contributed by atoms with Crippen molar-refractivity contribution in [2.75, 3.05) is 38.1 Å². The van der Waals surface area contributed by atoms with E-state index in [1.54, 1.807) is 11.9 Å². The first-order valence-electron chi connectivity index (χ1n) is 7.34. The fourth-order valence-corrected chi connectivity index (χ4v) is 2.61. The van der Waals surface area contributed by atoms with Crippen molar-refractivity contribution in [3.63, 3.8) is 0 Å². The molecule has 1 aliphatic heterocycles. The number of rotatable bonds is 5. The highest BCUT2D eigenvalue weighted by atomic mass is 79.9. The number of anilines is 1. The lowest BCUT2D eigenvalue weighted by Crippen LogP contribution is -2.49. The molecule has 2 amide bonds. The van der Waals surface area contributed by atoms with Crippen LogP contribution in [0.2, 0.25) is 0 Å². The summed E-state index contributed by atoms with van der Waals surface area (Å²) >= 11 is 3.23. The Balaban J connectivity index is 1.97. The molecule has 2 rings (SSSR count). The second-order valence-corrected chi connectivity index (χ2v) is 6.42. The van der Waals surface area contributed by atoms with Crippen molar-refractivity contribution >= 4 is 27.6 Å². The van der Waals surface area contributed by atoms with Crippen molar-refractivity contribution in [3.8, 4) is 5.75 Å². The van der Waals surface area contributed by atoms with Crippen LogP contribution in [0, 0.1) is 0 Å². The summed E-state index contributed by atoms with van der Waals surface area (Å²) in [5.74, 6) is 0.878. The van der Waals surface area contributed by atoms with Gasteiger partial charge in [-0.3, -0.25) is 0 Å². The largest absolute Gasteiger partial charge is 0.485 e. The summed E-state index contributed by atoms with van der Waals surface area (Å²) in [6.07, 6.45) is -0.0437. The van der Waals surface area contributed by atoms with E-state index in [1.807, 2.05) is 18.2 Å². The smallest absolute Gasteiger partial charge is 0.317 e. The van der Waals surface area contributed by atoms with E-state index in [0.717, 1.165) is 29.0 Å². The van der Waals surface area contributed by atoms with E-state index in [2.05, 4.69) is 45.7 Å². The summed E-state index contributed by atoms with van der Waals surface area (Å²) in [5, 5.41) is 2.79. The van der Waals surface area contributed by atoms with Gasteiger partial charge in [-0.15, -0.1) is 0 Å². The topological polar surface area (TPSA) is 44.8 Å². The van der Waals surface area contributed by atoms with Crippen LogP contribution in [0.15, 0.2) is 35.3 Å². The maximum absolute atomic E-state index is 12.0. The lowest BCUT2D eigenvalue weighted by atomic mass is 10.2. The van der Waals surface area contributed by atoms with E-state index in [4.69, 9.17) is 4.74 Å². The number of halogens is 1. The lowest BCUT2D eigenvalue weighted by molar-refractivity contribution is 0.145. The summed E-state index contributed by atoms with van der Waals surface area (Å²) in [6.45, 7) is 8.46. The van der Waals surface area contributed by atoms with Gasteiger partial charge in [-0.25, -0.2) is 4.79 Å². The Morgan fingerprint density at radius 2 is 2.27 bits per heavy atom. The van der Waals surface area contributed by atoms with Crippen LogP contribution in [-0.2, 0) is 0 Å². The zero-order valence-corrected chi connectivity index (χ0v) is 14.6. The first-order valence-corrected chi connectivity index (χ1v) is 8.13. The van der Waals surface area contributed by atoms with Gasteiger partial charge < -0.3 is 19.9 Å². The molecular weight excluding hydrogens is 346 g/mol. The van der Waals surface area contributed by atoms with E-state index in [0.29, 0.717) is 13.1 Å². The van der Waals surface area contributed by atoms with Gasteiger partial charge in [-0.1, -0.05) is 34.6 Å². The van der Waals surface area contributed by atoms with Crippen molar-refractivity contribution in [2.45, 2.75) is 13.0 Å². The number of hydrogen-bond acceptors (Lipinski definition) is 3. The minimum absolute atomic E-state index is 0.0437. The molecule has 1 heterocycles. The Kier molecular flexibility index (Phi) is 5.71. The molecule has 5 nitrogen and oxygen atoms in total. The molecule has 1 atom stereocenters. The molecule has 0 fully saturated rings. The van der Waals surface area contributed by atoms with Gasteiger partial charge in [0.1, 0.15) is 11.9 Å². The van der Waals surface area contributed by atoms with E-state index in [-0.39, 0.29) is 12.1 Å². The number of hydrogen-bond donors (Lipinski definition) is 1. The standard InChI is InChI=1S/C16H22BrN3O2/c1-4-20-11-13(22-15-8-6-5-7-14(15)20)10-19(3)16(21)18-9-12(2)17/h5-8,13H,2,4,9-11H2,1,3H3,(H,18,21). The number of nitrogens with zero attached hydrogens (tertiary/aromatic N) is 2. The zero-order chi connectivity index (χ0) is 16.1. The zero-order valence-electron chi connectivity index (χ0n) is 13.0. The van der Waals surface area contributed by atoms with Crippen LogP contribution < -0.4 is 15.0 Å². The van der Waals surface area contributed by atoms with E-state index < -0.39 is 0 Å². The number of carbonyl (C=O) groups excluding carboxylic acids is 1. The van der Waals surface area contributed by atoms with Crippen LogP contribution in [0.4, 0.5) is 10.5 Å². The number of para-hydroxylation sites is 2. The SMILES string of the molecule is C=C(Br)CNC(=O)N(C)CC1CN(CC)c2ccccc2O1. The molecule has 120 valence electrons. The minimum atomic E-state index is -0.133. The second kappa shape index (κ2) is 7.54. The van der Waals surface area contributed by atoms with E-state index in [1.165, 1.54) is 0 Å². The van der Waals surface area contributed by atoms with Gasteiger partial charge in [0.25, 0.3) is 0 Å². The van der Waals surface area contributed by atoms with Crippen molar-refractivity contribution in [1.82, 2.24) is 10.2 Å². The van der Waals surface area contributed by atoms with E-state index >= 15 is 0 Å². The first kappa shape index (κ1) is 16.7. The Bertz CT molecular complexity index is 550. The number of ether oxygens (including phenoxy) is 1. The third kappa shape index (κ3) is 4.16. The molecule has 1 aromatic carbocycles. The van der Waals surface area contributed by atoms with Crippen molar-refractivity contribution in [2.24, 2.45) is 0 Å². The lowest BCUT2D eigenvalue weighted by Gasteiger charge is -2.37. The van der Waals surface area contributed by atoms with Gasteiger partial charge in [0, 0.05) is 18.1 Å². The summed E-state index contributed by atoms with van der Waals surface area (Å²) in [5.41, 5.74) is 1.11. The van der Waals surface area contributed by atoms with Crippen LogP contribution in [0.5, 0.6) is 5.75 Å². The Hall–Kier alpha value is -1.69. The number of carbonyl (C=O) groups is 1. The fourth-order valence-electron chi connectivity index (χ4n) is 2.47. The molecule has 0 aliphatic carbocycles. The molecule has 0 radical (unpaired) electrons. The molecule has 0 aromatic heterocycles. The highest BCUT2D eigenvalue weighted by Crippen LogP contribution is 2.32. The van der Waals surface area contributed by atoms with Crippen LogP contribution >= 0.6 is 15.9 Å². The fraction of sp³-hybridized carbons (Fsp3) is 0.438. The summed E-state index contributed by atoms with van der Waals surface area (Å²) in [7, 11) is 1.77. The van der Waals surface area contributed by atoms with Crippen molar-refractivity contribution in [1.29, 1.82) is 0 Å². The highest BCUT2D eigenvalue weighted by molar-refractivity contribution is 9.11. The third-order valence-corrected chi connectivity index (χ3v) is 3.84. The highest BCUT2D eigenvalue weighted by Gasteiger charge is 2.26. The molecule has 1 aromatic rings. The van der Waals surface area contributed by atoms with E-state index in [9.17, 15) is 4.79 Å². The van der Waals surface area contributed by atoms with Gasteiger partial charge in [0.05, 0.1) is 25.3 Å². The van der Waals surface area contributed by atoms with Crippen LogP contribution in [0.1, 0.15) is 6.92 Å². The predicted molar refractivity (Wildman–Crippen MR) is 92.8 cm³/mol. The quantitative estimate of drug-likeness (QED) is 0.870. The summed E-state index contributed by atoms with van der Waals surface area (Å²) < 4.78 is 6.76. The Labute approximate surface area is 140 Å². The minimum Gasteiger partial charge on any atom is -0.485 e. The normalized spacial score (nSPS) is 16.5. The molecule has 1 unspecified atom stereocenters. The second-order valence-electron chi connectivity index (χ2n) is 5.30. The molecule has 0 saturated heterocycles. The molecule has 6 heteroatoms. The van der Waals surface area contributed by atoms with Gasteiger partial charge in [0.2, 0.25) is 0 Å². The number of benzene rings is 1. The monoisotopic (exact) mass is 367 g/mol. The molecule has 0 saturated carbocycles. The molecule has 1 aliphatic rings. The number of urea groups is 1. The van der Waals surface area contributed by atoms with Gasteiger partial charge in [-0.05, 0) is 19.1 Å².